The Kier molecular flexibility index (Phi) is 3.71. The molecule has 3 rings (SSSR count). The molecule has 0 amide bonds. The summed E-state index contributed by atoms with van der Waals surface area (Å²) >= 11 is 9.31. The predicted octanol–water partition coefficient (Wildman–Crippen LogP) is 4.80. The minimum atomic E-state index is -0.683. The van der Waals surface area contributed by atoms with Gasteiger partial charge in [0.2, 0.25) is 0 Å². The van der Waals surface area contributed by atoms with Crippen molar-refractivity contribution in [2.75, 3.05) is 0 Å². The summed E-state index contributed by atoms with van der Waals surface area (Å²) in [4.78, 5) is 0. The second-order valence-corrected chi connectivity index (χ2v) is 6.00. The summed E-state index contributed by atoms with van der Waals surface area (Å²) in [6, 6.07) is 9.55. The van der Waals surface area contributed by atoms with Crippen LogP contribution in [0.25, 0.3) is 0 Å². The van der Waals surface area contributed by atoms with E-state index >= 15 is 0 Å². The highest BCUT2D eigenvalue weighted by atomic mass is 79.9. The smallest absolute Gasteiger partial charge is 0.128 e. The molecule has 1 heterocycles. The molecule has 1 aliphatic rings. The molecule has 5 heteroatoms. The first-order valence-electron chi connectivity index (χ1n) is 6.13. The molecule has 20 heavy (non-hydrogen) atoms. The Hall–Kier alpha value is -1.10. The van der Waals surface area contributed by atoms with E-state index in [9.17, 15) is 9.50 Å². The van der Waals surface area contributed by atoms with Crippen LogP contribution in [0.5, 0.6) is 5.75 Å². The number of aliphatic hydroxyl groups excluding tert-OH is 1. The molecular weight excluding hydrogens is 347 g/mol. The van der Waals surface area contributed by atoms with Gasteiger partial charge in [-0.25, -0.2) is 4.39 Å². The third-order valence-electron chi connectivity index (χ3n) is 3.34. The minimum absolute atomic E-state index is 0.330. The quantitative estimate of drug-likeness (QED) is 0.794. The summed E-state index contributed by atoms with van der Waals surface area (Å²) in [7, 11) is 0. The standard InChI is InChI=1S/C15H11BrClFO2/c16-12-3-2-9(18)6-10(12)15-7-13(19)11-5-8(17)1-4-14(11)20-15/h1-6,13,15,19H,7H2/t13-,15?/m0/s1. The van der Waals surface area contributed by atoms with Crippen molar-refractivity contribution < 1.29 is 14.2 Å². The van der Waals surface area contributed by atoms with Gasteiger partial charge in [-0.05, 0) is 36.4 Å². The maximum Gasteiger partial charge on any atom is 0.128 e. The highest BCUT2D eigenvalue weighted by molar-refractivity contribution is 9.10. The predicted molar refractivity (Wildman–Crippen MR) is 78.5 cm³/mol. The van der Waals surface area contributed by atoms with Crippen LogP contribution in [0.2, 0.25) is 5.02 Å². The molecule has 0 saturated heterocycles. The van der Waals surface area contributed by atoms with Crippen molar-refractivity contribution in [2.45, 2.75) is 18.6 Å². The third-order valence-corrected chi connectivity index (χ3v) is 4.30. The Labute approximate surface area is 129 Å². The van der Waals surface area contributed by atoms with Crippen LogP contribution in [0, 0.1) is 5.82 Å². The van der Waals surface area contributed by atoms with Gasteiger partial charge in [0.05, 0.1) is 6.10 Å². The maximum atomic E-state index is 13.4. The second kappa shape index (κ2) is 5.35. The Morgan fingerprint density at radius 1 is 1.20 bits per heavy atom. The summed E-state index contributed by atoms with van der Waals surface area (Å²) in [5, 5.41) is 10.8. The molecule has 1 aliphatic heterocycles. The van der Waals surface area contributed by atoms with Crippen LogP contribution >= 0.6 is 27.5 Å². The Bertz CT molecular complexity index is 662. The van der Waals surface area contributed by atoms with Crippen LogP contribution in [-0.4, -0.2) is 5.11 Å². The van der Waals surface area contributed by atoms with Gasteiger partial charge < -0.3 is 9.84 Å². The van der Waals surface area contributed by atoms with E-state index in [-0.39, 0.29) is 5.82 Å². The topological polar surface area (TPSA) is 29.5 Å². The van der Waals surface area contributed by atoms with Crippen molar-refractivity contribution in [3.63, 3.8) is 0 Å². The number of fused-ring (bicyclic) bond motifs is 1. The first kappa shape index (κ1) is 13.9. The van der Waals surface area contributed by atoms with Crippen molar-refractivity contribution in [1.82, 2.24) is 0 Å². The first-order chi connectivity index (χ1) is 9.54. The van der Waals surface area contributed by atoms with Crippen LogP contribution in [-0.2, 0) is 0 Å². The van der Waals surface area contributed by atoms with Gasteiger partial charge in [0.15, 0.2) is 0 Å². The Balaban J connectivity index is 1.99. The molecule has 0 aliphatic carbocycles. The lowest BCUT2D eigenvalue weighted by Gasteiger charge is -2.30. The molecule has 0 bridgehead atoms. The lowest BCUT2D eigenvalue weighted by molar-refractivity contribution is 0.0653. The van der Waals surface area contributed by atoms with E-state index in [0.717, 1.165) is 4.47 Å². The molecular formula is C15H11BrClFO2. The zero-order valence-electron chi connectivity index (χ0n) is 10.3. The van der Waals surface area contributed by atoms with Crippen molar-refractivity contribution in [3.8, 4) is 5.75 Å². The van der Waals surface area contributed by atoms with Crippen molar-refractivity contribution >= 4 is 27.5 Å². The zero-order chi connectivity index (χ0) is 14.3. The molecule has 0 spiro atoms. The van der Waals surface area contributed by atoms with Gasteiger partial charge in [-0.15, -0.1) is 0 Å². The van der Waals surface area contributed by atoms with E-state index in [0.29, 0.717) is 28.3 Å². The van der Waals surface area contributed by atoms with Gasteiger partial charge in [-0.2, -0.15) is 0 Å². The van der Waals surface area contributed by atoms with Gasteiger partial charge in [0, 0.05) is 27.0 Å². The average molecular weight is 358 g/mol. The summed E-state index contributed by atoms with van der Waals surface area (Å²) in [6.45, 7) is 0. The zero-order valence-corrected chi connectivity index (χ0v) is 12.7. The molecule has 0 saturated carbocycles. The molecule has 2 atom stereocenters. The summed E-state index contributed by atoms with van der Waals surface area (Å²) in [6.07, 6.45) is -0.726. The van der Waals surface area contributed by atoms with Gasteiger partial charge in [-0.1, -0.05) is 27.5 Å². The van der Waals surface area contributed by atoms with Crippen molar-refractivity contribution in [2.24, 2.45) is 0 Å². The van der Waals surface area contributed by atoms with Gasteiger partial charge in [0.1, 0.15) is 17.7 Å². The Morgan fingerprint density at radius 3 is 2.80 bits per heavy atom. The van der Waals surface area contributed by atoms with E-state index in [2.05, 4.69) is 15.9 Å². The molecule has 2 nitrogen and oxygen atoms in total. The summed E-state index contributed by atoms with van der Waals surface area (Å²) in [5.74, 6) is 0.248. The highest BCUT2D eigenvalue weighted by Crippen LogP contribution is 2.43. The number of ether oxygens (including phenoxy) is 1. The number of hydrogen-bond donors (Lipinski definition) is 1. The normalized spacial score (nSPS) is 21.2. The van der Waals surface area contributed by atoms with E-state index in [1.165, 1.54) is 12.1 Å². The molecule has 0 fully saturated rings. The molecule has 2 aromatic carbocycles. The van der Waals surface area contributed by atoms with E-state index in [1.54, 1.807) is 24.3 Å². The fourth-order valence-corrected chi connectivity index (χ4v) is 3.05. The number of hydrogen-bond acceptors (Lipinski definition) is 2. The van der Waals surface area contributed by atoms with Gasteiger partial charge in [-0.3, -0.25) is 0 Å². The number of aliphatic hydroxyl groups is 1. The Morgan fingerprint density at radius 2 is 2.00 bits per heavy atom. The third kappa shape index (κ3) is 2.55. The van der Waals surface area contributed by atoms with E-state index < -0.39 is 12.2 Å². The molecule has 0 aromatic heterocycles. The fraction of sp³-hybridized carbons (Fsp3) is 0.200. The largest absolute Gasteiger partial charge is 0.485 e. The van der Waals surface area contributed by atoms with Crippen molar-refractivity contribution in [3.05, 3.63) is 62.8 Å². The number of rotatable bonds is 1. The van der Waals surface area contributed by atoms with Crippen LogP contribution in [0.15, 0.2) is 40.9 Å². The highest BCUT2D eigenvalue weighted by Gasteiger charge is 2.29. The maximum absolute atomic E-state index is 13.4. The minimum Gasteiger partial charge on any atom is -0.485 e. The summed E-state index contributed by atoms with van der Waals surface area (Å²) < 4.78 is 20.0. The SMILES string of the molecule is O[C@H]1CC(c2cc(F)ccc2Br)Oc2ccc(Cl)cc21. The van der Waals surface area contributed by atoms with Crippen LogP contribution in [0.4, 0.5) is 4.39 Å². The molecule has 1 unspecified atom stereocenters. The molecule has 1 N–H and O–H groups in total. The van der Waals surface area contributed by atoms with Crippen LogP contribution < -0.4 is 4.74 Å². The summed E-state index contributed by atoms with van der Waals surface area (Å²) in [5.41, 5.74) is 1.35. The van der Waals surface area contributed by atoms with E-state index in [4.69, 9.17) is 16.3 Å². The molecule has 0 radical (unpaired) electrons. The number of halogens is 3. The number of benzene rings is 2. The molecule has 104 valence electrons. The monoisotopic (exact) mass is 356 g/mol. The fourth-order valence-electron chi connectivity index (χ4n) is 2.37. The van der Waals surface area contributed by atoms with Gasteiger partial charge in [0.25, 0.3) is 0 Å². The lowest BCUT2D eigenvalue weighted by atomic mass is 9.95. The van der Waals surface area contributed by atoms with Crippen LogP contribution in [0.1, 0.15) is 29.8 Å². The van der Waals surface area contributed by atoms with Crippen LogP contribution in [0.3, 0.4) is 0 Å². The van der Waals surface area contributed by atoms with Gasteiger partial charge >= 0.3 is 0 Å². The molecule has 2 aromatic rings. The van der Waals surface area contributed by atoms with E-state index in [1.807, 2.05) is 0 Å². The van der Waals surface area contributed by atoms with Crippen molar-refractivity contribution in [1.29, 1.82) is 0 Å². The first-order valence-corrected chi connectivity index (χ1v) is 7.31. The average Bonchev–Trinajstić information content (AvgIpc) is 2.42. The lowest BCUT2D eigenvalue weighted by Crippen LogP contribution is -2.19. The second-order valence-electron chi connectivity index (χ2n) is 4.71.